The average molecular weight is 218 g/mol. The maximum absolute atomic E-state index is 2.41. The highest BCUT2D eigenvalue weighted by Gasteiger charge is 2.26. The molecular weight excluding hydrogens is 196 g/mol. The van der Waals surface area contributed by atoms with E-state index in [0.717, 1.165) is 11.8 Å². The van der Waals surface area contributed by atoms with Gasteiger partial charge in [0.1, 0.15) is 0 Å². The van der Waals surface area contributed by atoms with Gasteiger partial charge in [-0.25, -0.2) is 0 Å². The lowest BCUT2D eigenvalue weighted by Gasteiger charge is -2.33. The summed E-state index contributed by atoms with van der Waals surface area (Å²) in [6, 6.07) is 9.46. The molecule has 0 bridgehead atoms. The van der Waals surface area contributed by atoms with Gasteiger partial charge in [0.15, 0.2) is 0 Å². The van der Waals surface area contributed by atoms with E-state index in [2.05, 4.69) is 50.8 Å². The van der Waals surface area contributed by atoms with Crippen LogP contribution in [0.3, 0.4) is 0 Å². The Morgan fingerprint density at radius 3 is 1.93 bits per heavy atom. The van der Waals surface area contributed by atoms with Crippen LogP contribution >= 0.6 is 0 Å². The number of rotatable bonds is 2. The topological polar surface area (TPSA) is 0 Å². The van der Waals surface area contributed by atoms with E-state index >= 15 is 0 Å². The van der Waals surface area contributed by atoms with Crippen LogP contribution in [-0.4, -0.2) is 8.07 Å². The van der Waals surface area contributed by atoms with Gasteiger partial charge >= 0.3 is 0 Å². The Balaban J connectivity index is 2.11. The fourth-order valence-corrected chi connectivity index (χ4v) is 3.60. The monoisotopic (exact) mass is 218 g/mol. The molecule has 0 atom stereocenters. The average Bonchev–Trinajstić information content (AvgIpc) is 2.12. The maximum atomic E-state index is 2.41. The SMILES string of the molecule is CC1CC(c2ccc([Si](C)(C)C)cc2)C1. The van der Waals surface area contributed by atoms with Gasteiger partial charge in [0, 0.05) is 0 Å². The number of hydrogen-bond donors (Lipinski definition) is 0. The molecule has 0 amide bonds. The molecule has 0 aliphatic heterocycles. The predicted molar refractivity (Wildman–Crippen MR) is 70.6 cm³/mol. The zero-order valence-corrected chi connectivity index (χ0v) is 11.4. The quantitative estimate of drug-likeness (QED) is 0.663. The van der Waals surface area contributed by atoms with Crippen molar-refractivity contribution in [3.63, 3.8) is 0 Å². The van der Waals surface area contributed by atoms with Crippen molar-refractivity contribution >= 4 is 13.3 Å². The highest BCUT2D eigenvalue weighted by molar-refractivity contribution is 6.88. The van der Waals surface area contributed by atoms with Crippen LogP contribution in [0.2, 0.25) is 19.6 Å². The zero-order valence-electron chi connectivity index (χ0n) is 10.4. The van der Waals surface area contributed by atoms with Crippen LogP contribution in [0.15, 0.2) is 24.3 Å². The molecule has 1 aromatic rings. The molecule has 15 heavy (non-hydrogen) atoms. The summed E-state index contributed by atoms with van der Waals surface area (Å²) in [6.07, 6.45) is 2.79. The second-order valence-electron chi connectivity index (χ2n) is 6.15. The molecule has 0 heterocycles. The summed E-state index contributed by atoms with van der Waals surface area (Å²) >= 11 is 0. The standard InChI is InChI=1S/C14H22Si/c1-11-9-13(10-11)12-5-7-14(8-6-12)15(2,3)4/h5-8,11,13H,9-10H2,1-4H3. The summed E-state index contributed by atoms with van der Waals surface area (Å²) < 4.78 is 0. The van der Waals surface area contributed by atoms with Crippen LogP contribution < -0.4 is 5.19 Å². The summed E-state index contributed by atoms with van der Waals surface area (Å²) in [6.45, 7) is 9.58. The Morgan fingerprint density at radius 2 is 1.53 bits per heavy atom. The van der Waals surface area contributed by atoms with Crippen molar-refractivity contribution in [2.45, 2.75) is 45.3 Å². The van der Waals surface area contributed by atoms with Gasteiger partial charge in [0.2, 0.25) is 0 Å². The first-order chi connectivity index (χ1) is 6.97. The Hall–Kier alpha value is -0.563. The van der Waals surface area contributed by atoms with Gasteiger partial charge in [-0.15, -0.1) is 0 Å². The van der Waals surface area contributed by atoms with Crippen molar-refractivity contribution in [2.75, 3.05) is 0 Å². The lowest BCUT2D eigenvalue weighted by molar-refractivity contribution is 0.288. The molecule has 82 valence electrons. The van der Waals surface area contributed by atoms with Gasteiger partial charge in [0.25, 0.3) is 0 Å². The molecule has 0 N–H and O–H groups in total. The second-order valence-corrected chi connectivity index (χ2v) is 11.2. The molecule has 1 fully saturated rings. The molecule has 1 heteroatoms. The van der Waals surface area contributed by atoms with Crippen molar-refractivity contribution in [3.05, 3.63) is 29.8 Å². The fourth-order valence-electron chi connectivity index (χ4n) is 2.43. The first-order valence-electron chi connectivity index (χ1n) is 6.07. The van der Waals surface area contributed by atoms with E-state index < -0.39 is 8.07 Å². The third-order valence-electron chi connectivity index (χ3n) is 3.62. The minimum absolute atomic E-state index is 0.857. The van der Waals surface area contributed by atoms with E-state index in [0.29, 0.717) is 0 Å². The Bertz CT molecular complexity index is 325. The van der Waals surface area contributed by atoms with E-state index in [1.165, 1.54) is 12.8 Å². The molecule has 0 aromatic heterocycles. The third kappa shape index (κ3) is 2.33. The molecule has 2 rings (SSSR count). The van der Waals surface area contributed by atoms with Crippen LogP contribution in [0.25, 0.3) is 0 Å². The van der Waals surface area contributed by atoms with Crippen molar-refractivity contribution in [1.82, 2.24) is 0 Å². The Morgan fingerprint density at radius 1 is 1.00 bits per heavy atom. The summed E-state index contributed by atoms with van der Waals surface area (Å²) in [4.78, 5) is 0. The van der Waals surface area contributed by atoms with Crippen molar-refractivity contribution in [2.24, 2.45) is 5.92 Å². The molecule has 0 radical (unpaired) electrons. The lowest BCUT2D eigenvalue weighted by Crippen LogP contribution is -2.37. The van der Waals surface area contributed by atoms with Gasteiger partial charge in [-0.3, -0.25) is 0 Å². The molecule has 1 aromatic carbocycles. The molecule has 0 spiro atoms. The summed E-state index contributed by atoms with van der Waals surface area (Å²) in [5.74, 6) is 1.81. The van der Waals surface area contributed by atoms with Gasteiger partial charge in [0.05, 0.1) is 8.07 Å². The molecule has 0 saturated heterocycles. The van der Waals surface area contributed by atoms with Crippen LogP contribution in [0.4, 0.5) is 0 Å². The minimum Gasteiger partial charge on any atom is -0.0656 e. The van der Waals surface area contributed by atoms with Crippen LogP contribution in [0.1, 0.15) is 31.2 Å². The third-order valence-corrected chi connectivity index (χ3v) is 5.69. The summed E-state index contributed by atoms with van der Waals surface area (Å²) in [7, 11) is -1.10. The van der Waals surface area contributed by atoms with Gasteiger partial charge in [-0.2, -0.15) is 0 Å². The largest absolute Gasteiger partial charge is 0.0775 e. The van der Waals surface area contributed by atoms with Crippen LogP contribution in [-0.2, 0) is 0 Å². The fraction of sp³-hybridized carbons (Fsp3) is 0.571. The zero-order chi connectivity index (χ0) is 11.1. The van der Waals surface area contributed by atoms with E-state index in [1.54, 1.807) is 10.8 Å². The van der Waals surface area contributed by atoms with E-state index in [4.69, 9.17) is 0 Å². The highest BCUT2D eigenvalue weighted by Crippen LogP contribution is 2.40. The first kappa shape index (κ1) is 10.9. The van der Waals surface area contributed by atoms with Gasteiger partial charge < -0.3 is 0 Å². The normalized spacial score (nSPS) is 26.1. The Labute approximate surface area is 94.7 Å². The lowest BCUT2D eigenvalue weighted by atomic mass is 9.72. The molecule has 1 saturated carbocycles. The van der Waals surface area contributed by atoms with Gasteiger partial charge in [-0.1, -0.05) is 56.0 Å². The van der Waals surface area contributed by atoms with Crippen molar-refractivity contribution < 1.29 is 0 Å². The summed E-state index contributed by atoms with van der Waals surface area (Å²) in [5, 5.41) is 1.58. The van der Waals surface area contributed by atoms with E-state index in [9.17, 15) is 0 Å². The molecule has 1 aliphatic rings. The molecule has 0 unspecified atom stereocenters. The van der Waals surface area contributed by atoms with Crippen LogP contribution in [0, 0.1) is 5.92 Å². The van der Waals surface area contributed by atoms with E-state index in [-0.39, 0.29) is 0 Å². The highest BCUT2D eigenvalue weighted by atomic mass is 28.3. The Kier molecular flexibility index (Phi) is 2.76. The minimum atomic E-state index is -1.10. The summed E-state index contributed by atoms with van der Waals surface area (Å²) in [5.41, 5.74) is 1.56. The number of hydrogen-bond acceptors (Lipinski definition) is 0. The van der Waals surface area contributed by atoms with Crippen LogP contribution in [0.5, 0.6) is 0 Å². The maximum Gasteiger partial charge on any atom is 0.0775 e. The van der Waals surface area contributed by atoms with E-state index in [1.807, 2.05) is 0 Å². The van der Waals surface area contributed by atoms with Crippen molar-refractivity contribution in [1.29, 1.82) is 0 Å². The smallest absolute Gasteiger partial charge is 0.0656 e. The molecule has 0 nitrogen and oxygen atoms in total. The predicted octanol–water partition coefficient (Wildman–Crippen LogP) is 3.75. The van der Waals surface area contributed by atoms with Crippen molar-refractivity contribution in [3.8, 4) is 0 Å². The number of benzene rings is 1. The first-order valence-corrected chi connectivity index (χ1v) is 9.57. The molecular formula is C14H22Si. The van der Waals surface area contributed by atoms with Gasteiger partial charge in [-0.05, 0) is 30.2 Å². The molecule has 1 aliphatic carbocycles. The second kappa shape index (κ2) is 3.78.